The number of benzene rings is 1. The highest BCUT2D eigenvalue weighted by atomic mass is 35.5. The van der Waals surface area contributed by atoms with Crippen LogP contribution in [0, 0.1) is 0 Å². The van der Waals surface area contributed by atoms with Gasteiger partial charge in [-0.1, -0.05) is 0 Å². The lowest BCUT2D eigenvalue weighted by atomic mass is 10.2. The molecule has 1 aromatic heterocycles. The standard InChI is InChI=1S/C17H19N3O2S.2ClH/c21-17(11-14-12-23-10-9-19-14)20-13-1-3-15(4-2-13)22-16-5-7-18-8-6-16;;/h1-8,14,19H,9-12H2,(H,20,21);2*1H. The molecule has 1 aromatic carbocycles. The fraction of sp³-hybridized carbons (Fsp3) is 0.294. The van der Waals surface area contributed by atoms with Gasteiger partial charge in [0.15, 0.2) is 0 Å². The molecule has 25 heavy (non-hydrogen) atoms. The topological polar surface area (TPSA) is 63.2 Å². The third-order valence-corrected chi connectivity index (χ3v) is 4.58. The summed E-state index contributed by atoms with van der Waals surface area (Å²) < 4.78 is 5.69. The number of ether oxygens (including phenoxy) is 1. The number of nitrogens with one attached hydrogen (secondary N) is 2. The molecule has 1 atom stereocenters. The average molecular weight is 402 g/mol. The Balaban J connectivity index is 0.00000156. The summed E-state index contributed by atoms with van der Waals surface area (Å²) in [5.74, 6) is 3.61. The summed E-state index contributed by atoms with van der Waals surface area (Å²) in [5, 5.41) is 6.29. The third-order valence-electron chi connectivity index (χ3n) is 3.45. The van der Waals surface area contributed by atoms with Crippen LogP contribution < -0.4 is 15.4 Å². The van der Waals surface area contributed by atoms with E-state index in [-0.39, 0.29) is 36.8 Å². The van der Waals surface area contributed by atoms with Crippen molar-refractivity contribution in [3.63, 3.8) is 0 Å². The highest BCUT2D eigenvalue weighted by Crippen LogP contribution is 2.22. The van der Waals surface area contributed by atoms with Gasteiger partial charge in [0.05, 0.1) is 0 Å². The van der Waals surface area contributed by atoms with Gasteiger partial charge in [-0.25, -0.2) is 0 Å². The molecule has 8 heteroatoms. The minimum Gasteiger partial charge on any atom is -0.457 e. The van der Waals surface area contributed by atoms with Gasteiger partial charge in [-0.15, -0.1) is 24.8 Å². The number of rotatable bonds is 5. The lowest BCUT2D eigenvalue weighted by Crippen LogP contribution is -2.39. The van der Waals surface area contributed by atoms with Gasteiger partial charge in [-0.3, -0.25) is 9.78 Å². The van der Waals surface area contributed by atoms with E-state index in [1.807, 2.05) is 36.0 Å². The predicted octanol–water partition coefficient (Wildman–Crippen LogP) is 3.75. The number of hydrogen-bond acceptors (Lipinski definition) is 5. The number of hydrogen-bond donors (Lipinski definition) is 2. The zero-order valence-electron chi connectivity index (χ0n) is 13.5. The van der Waals surface area contributed by atoms with Crippen molar-refractivity contribution in [2.24, 2.45) is 0 Å². The summed E-state index contributed by atoms with van der Waals surface area (Å²) in [4.78, 5) is 16.0. The molecule has 0 bridgehead atoms. The molecular weight excluding hydrogens is 381 g/mol. The summed E-state index contributed by atoms with van der Waals surface area (Å²) in [7, 11) is 0. The van der Waals surface area contributed by atoms with Crippen LogP contribution in [0.4, 0.5) is 5.69 Å². The number of carbonyl (C=O) groups excluding carboxylic acids is 1. The number of thioether (sulfide) groups is 1. The Kier molecular flexibility index (Phi) is 9.67. The number of carbonyl (C=O) groups is 1. The molecule has 1 amide bonds. The molecule has 0 spiro atoms. The Morgan fingerprint density at radius 2 is 1.84 bits per heavy atom. The van der Waals surface area contributed by atoms with Crippen molar-refractivity contribution in [2.45, 2.75) is 12.5 Å². The fourth-order valence-corrected chi connectivity index (χ4v) is 3.28. The van der Waals surface area contributed by atoms with E-state index in [1.165, 1.54) is 0 Å². The van der Waals surface area contributed by atoms with E-state index in [0.717, 1.165) is 35.2 Å². The van der Waals surface area contributed by atoms with Crippen LogP contribution in [-0.2, 0) is 4.79 Å². The summed E-state index contributed by atoms with van der Waals surface area (Å²) in [6, 6.07) is 11.2. The minimum atomic E-state index is 0. The zero-order valence-corrected chi connectivity index (χ0v) is 16.0. The highest BCUT2D eigenvalue weighted by molar-refractivity contribution is 7.99. The molecule has 1 fully saturated rings. The van der Waals surface area contributed by atoms with Crippen LogP contribution in [-0.4, -0.2) is 35.0 Å². The van der Waals surface area contributed by atoms with Gasteiger partial charge in [0, 0.05) is 48.6 Å². The summed E-state index contributed by atoms with van der Waals surface area (Å²) in [5.41, 5.74) is 0.778. The normalized spacial score (nSPS) is 16.1. The van der Waals surface area contributed by atoms with Gasteiger partial charge in [-0.05, 0) is 36.4 Å². The number of pyridine rings is 1. The molecule has 2 heterocycles. The van der Waals surface area contributed by atoms with Crippen LogP contribution in [0.2, 0.25) is 0 Å². The van der Waals surface area contributed by atoms with Gasteiger partial charge in [-0.2, -0.15) is 11.8 Å². The van der Waals surface area contributed by atoms with Gasteiger partial charge in [0.1, 0.15) is 11.5 Å². The van der Waals surface area contributed by atoms with Crippen molar-refractivity contribution < 1.29 is 9.53 Å². The van der Waals surface area contributed by atoms with Crippen LogP contribution in [0.25, 0.3) is 0 Å². The first-order valence-corrected chi connectivity index (χ1v) is 8.74. The fourth-order valence-electron chi connectivity index (χ4n) is 2.34. The molecule has 0 aliphatic carbocycles. The second-order valence-electron chi connectivity index (χ2n) is 5.29. The van der Waals surface area contributed by atoms with E-state index in [1.54, 1.807) is 24.5 Å². The van der Waals surface area contributed by atoms with Crippen molar-refractivity contribution in [2.75, 3.05) is 23.4 Å². The Morgan fingerprint density at radius 3 is 2.48 bits per heavy atom. The third kappa shape index (κ3) is 7.12. The molecule has 1 aliphatic rings. The highest BCUT2D eigenvalue weighted by Gasteiger charge is 2.16. The van der Waals surface area contributed by atoms with Gasteiger partial charge in [0.2, 0.25) is 5.91 Å². The molecule has 5 nitrogen and oxygen atoms in total. The molecule has 136 valence electrons. The quantitative estimate of drug-likeness (QED) is 0.798. The minimum absolute atomic E-state index is 0. The summed E-state index contributed by atoms with van der Waals surface area (Å²) >= 11 is 1.89. The van der Waals surface area contributed by atoms with Crippen molar-refractivity contribution in [1.29, 1.82) is 0 Å². The first-order valence-electron chi connectivity index (χ1n) is 7.58. The van der Waals surface area contributed by atoms with Crippen molar-refractivity contribution in [3.8, 4) is 11.5 Å². The van der Waals surface area contributed by atoms with Crippen molar-refractivity contribution in [3.05, 3.63) is 48.8 Å². The maximum Gasteiger partial charge on any atom is 0.225 e. The second kappa shape index (κ2) is 11.2. The summed E-state index contributed by atoms with van der Waals surface area (Å²) in [6.07, 6.45) is 3.87. The van der Waals surface area contributed by atoms with Gasteiger partial charge < -0.3 is 15.4 Å². The monoisotopic (exact) mass is 401 g/mol. The first-order chi connectivity index (χ1) is 11.3. The second-order valence-corrected chi connectivity index (χ2v) is 6.44. The van der Waals surface area contributed by atoms with Gasteiger partial charge >= 0.3 is 0 Å². The van der Waals surface area contributed by atoms with Crippen molar-refractivity contribution in [1.82, 2.24) is 10.3 Å². The summed E-state index contributed by atoms with van der Waals surface area (Å²) in [6.45, 7) is 0.976. The molecule has 1 unspecified atom stereocenters. The smallest absolute Gasteiger partial charge is 0.225 e. The average Bonchev–Trinajstić information content (AvgIpc) is 2.58. The van der Waals surface area contributed by atoms with Crippen LogP contribution in [0.3, 0.4) is 0 Å². The number of anilines is 1. The number of nitrogens with zero attached hydrogens (tertiary/aromatic N) is 1. The number of aromatic nitrogens is 1. The van der Waals surface area contributed by atoms with E-state index in [4.69, 9.17) is 4.74 Å². The Labute approximate surface area is 164 Å². The lowest BCUT2D eigenvalue weighted by Gasteiger charge is -2.22. The first kappa shape index (κ1) is 21.6. The van der Waals surface area contributed by atoms with E-state index < -0.39 is 0 Å². The molecule has 1 aliphatic heterocycles. The van der Waals surface area contributed by atoms with E-state index >= 15 is 0 Å². The van der Waals surface area contributed by atoms with E-state index in [9.17, 15) is 4.79 Å². The Bertz CT molecular complexity index is 638. The SMILES string of the molecule is Cl.Cl.O=C(CC1CSCCN1)Nc1ccc(Oc2ccncc2)cc1. The van der Waals surface area contributed by atoms with Crippen LogP contribution >= 0.6 is 36.6 Å². The zero-order chi connectivity index (χ0) is 15.9. The predicted molar refractivity (Wildman–Crippen MR) is 108 cm³/mol. The Morgan fingerprint density at radius 1 is 1.16 bits per heavy atom. The maximum atomic E-state index is 12.1. The van der Waals surface area contributed by atoms with Crippen LogP contribution in [0.15, 0.2) is 48.8 Å². The van der Waals surface area contributed by atoms with Crippen LogP contribution in [0.1, 0.15) is 6.42 Å². The maximum absolute atomic E-state index is 12.1. The Hall–Kier alpha value is -1.47. The molecule has 2 aromatic rings. The molecular formula is C17H21Cl2N3O2S. The van der Waals surface area contributed by atoms with Gasteiger partial charge in [0.25, 0.3) is 0 Å². The molecule has 2 N–H and O–H groups in total. The lowest BCUT2D eigenvalue weighted by molar-refractivity contribution is -0.116. The molecule has 1 saturated heterocycles. The van der Waals surface area contributed by atoms with E-state index in [0.29, 0.717) is 6.42 Å². The number of amides is 1. The van der Waals surface area contributed by atoms with E-state index in [2.05, 4.69) is 15.6 Å². The molecule has 0 saturated carbocycles. The molecule has 0 radical (unpaired) electrons. The van der Waals surface area contributed by atoms with Crippen LogP contribution in [0.5, 0.6) is 11.5 Å². The molecule has 3 rings (SSSR count). The number of halogens is 2. The van der Waals surface area contributed by atoms with Crippen molar-refractivity contribution >= 4 is 48.2 Å². The largest absolute Gasteiger partial charge is 0.457 e.